The average molecular weight is 683 g/mol. The van der Waals surface area contributed by atoms with E-state index in [-0.39, 0.29) is 5.41 Å². The lowest BCUT2D eigenvalue weighted by molar-refractivity contribution is -0.152. The van der Waals surface area contributed by atoms with E-state index in [1.54, 1.807) is 0 Å². The van der Waals surface area contributed by atoms with Gasteiger partial charge in [0.05, 0.1) is 78.1 Å². The molecule has 276 valence electrons. The number of unbranched alkanes of at least 4 members (excludes halogenated alkanes) is 1. The highest BCUT2D eigenvalue weighted by Gasteiger charge is 2.39. The molecule has 0 radical (unpaired) electrons. The number of hydrogen-bond acceptors (Lipinski definition) is 7. The Kier molecular flexibility index (Phi) is 16.8. The second-order valence-electron chi connectivity index (χ2n) is 15.1. The van der Waals surface area contributed by atoms with Gasteiger partial charge >= 0.3 is 0 Å². The third-order valence-electron chi connectivity index (χ3n) is 11.3. The Morgan fingerprint density at radius 2 is 0.939 bits per heavy atom. The molecule has 2 aromatic rings. The molecule has 0 aromatic heterocycles. The lowest BCUT2D eigenvalue weighted by Crippen LogP contribution is -2.46. The smallest absolute Gasteiger partial charge is 0.119 e. The van der Waals surface area contributed by atoms with Crippen LogP contribution in [0, 0.1) is 21.7 Å². The van der Waals surface area contributed by atoms with E-state index in [1.807, 2.05) is 48.5 Å². The van der Waals surface area contributed by atoms with Crippen LogP contribution in [0.2, 0.25) is 0 Å². The van der Waals surface area contributed by atoms with Gasteiger partial charge < -0.3 is 33.2 Å². The fourth-order valence-electron chi connectivity index (χ4n) is 6.32. The molecule has 49 heavy (non-hydrogen) atoms. The van der Waals surface area contributed by atoms with Crippen LogP contribution in [-0.2, 0) is 35.0 Å². The Morgan fingerprint density at radius 1 is 0.510 bits per heavy atom. The molecule has 0 amide bonds. The molecule has 6 rings (SSSR count). The number of ether oxygens (including phenoxy) is 7. The molecule has 7 heteroatoms. The Balaban J connectivity index is 0.000000169. The molecule has 2 aromatic carbocycles. The first-order valence-corrected chi connectivity index (χ1v) is 19.1. The zero-order valence-electron chi connectivity index (χ0n) is 31.2. The summed E-state index contributed by atoms with van der Waals surface area (Å²) in [6.07, 6.45) is 11.1. The summed E-state index contributed by atoms with van der Waals surface area (Å²) in [5.41, 5.74) is 2.68. The third kappa shape index (κ3) is 12.6. The van der Waals surface area contributed by atoms with Crippen LogP contribution < -0.4 is 4.74 Å². The Bertz CT molecular complexity index is 1070. The summed E-state index contributed by atoms with van der Waals surface area (Å²) in [6, 6.07) is 20.3. The Labute approximate surface area is 297 Å². The maximum absolute atomic E-state index is 5.86. The normalized spacial score (nSPS) is 20.4. The van der Waals surface area contributed by atoms with Gasteiger partial charge in [-0.05, 0) is 74.5 Å². The largest absolute Gasteiger partial charge is 0.493 e. The molecule has 0 unspecified atom stereocenters. The number of para-hydroxylation sites is 1. The van der Waals surface area contributed by atoms with Crippen LogP contribution in [0.4, 0.5) is 0 Å². The van der Waals surface area contributed by atoms with E-state index >= 15 is 0 Å². The fourth-order valence-corrected chi connectivity index (χ4v) is 6.32. The number of rotatable bonds is 20. The highest BCUT2D eigenvalue weighted by Crippen LogP contribution is 2.44. The SMILES string of the molecule is CCC1(COCCCCOCC2(CC)COC2)CCC1.CCC1(COCc2ccccc2)COC1.CCC1(COc2ccccc2)COC1. The molecule has 0 spiro atoms. The lowest BCUT2D eigenvalue weighted by atomic mass is 9.68. The van der Waals surface area contributed by atoms with Crippen molar-refractivity contribution in [1.82, 2.24) is 0 Å². The van der Waals surface area contributed by atoms with Crippen LogP contribution >= 0.6 is 0 Å². The summed E-state index contributed by atoms with van der Waals surface area (Å²) in [5.74, 6) is 0.951. The first kappa shape index (κ1) is 39.8. The van der Waals surface area contributed by atoms with Crippen molar-refractivity contribution < 1.29 is 33.2 Å². The van der Waals surface area contributed by atoms with Gasteiger partial charge in [0.1, 0.15) is 5.75 Å². The van der Waals surface area contributed by atoms with E-state index in [9.17, 15) is 0 Å². The first-order valence-electron chi connectivity index (χ1n) is 19.1. The topological polar surface area (TPSA) is 64.6 Å². The van der Waals surface area contributed by atoms with E-state index in [4.69, 9.17) is 33.2 Å². The quantitative estimate of drug-likeness (QED) is 0.129. The molecular formula is C42H66O7. The Hall–Kier alpha value is -2.00. The van der Waals surface area contributed by atoms with E-state index in [1.165, 1.54) is 31.2 Å². The Morgan fingerprint density at radius 3 is 1.35 bits per heavy atom. The predicted octanol–water partition coefficient (Wildman–Crippen LogP) is 8.93. The van der Waals surface area contributed by atoms with Gasteiger partial charge in [0.2, 0.25) is 0 Å². The molecular weight excluding hydrogens is 616 g/mol. The van der Waals surface area contributed by atoms with Crippen LogP contribution in [0.5, 0.6) is 5.75 Å². The van der Waals surface area contributed by atoms with Gasteiger partial charge in [-0.1, -0.05) is 82.6 Å². The summed E-state index contributed by atoms with van der Waals surface area (Å²) < 4.78 is 38.9. The van der Waals surface area contributed by atoms with Gasteiger partial charge in [-0.15, -0.1) is 0 Å². The average Bonchev–Trinajstić information content (AvgIpc) is 3.07. The molecule has 7 nitrogen and oxygen atoms in total. The highest BCUT2D eigenvalue weighted by atomic mass is 16.5. The number of benzene rings is 2. The van der Waals surface area contributed by atoms with Crippen molar-refractivity contribution in [2.45, 2.75) is 92.1 Å². The summed E-state index contributed by atoms with van der Waals surface area (Å²) >= 11 is 0. The van der Waals surface area contributed by atoms with Crippen molar-refractivity contribution in [3.05, 3.63) is 66.2 Å². The van der Waals surface area contributed by atoms with Crippen LogP contribution in [0.15, 0.2) is 60.7 Å². The second kappa shape index (κ2) is 20.8. The molecule has 4 fully saturated rings. The van der Waals surface area contributed by atoms with Crippen molar-refractivity contribution in [2.75, 3.05) is 79.3 Å². The molecule has 3 heterocycles. The van der Waals surface area contributed by atoms with Crippen LogP contribution in [0.3, 0.4) is 0 Å². The molecule has 4 aliphatic rings. The summed E-state index contributed by atoms with van der Waals surface area (Å²) in [6.45, 7) is 20.0. The minimum Gasteiger partial charge on any atom is -0.493 e. The van der Waals surface area contributed by atoms with Crippen molar-refractivity contribution in [2.24, 2.45) is 21.7 Å². The van der Waals surface area contributed by atoms with E-state index in [0.717, 1.165) is 117 Å². The molecule has 0 atom stereocenters. The maximum atomic E-state index is 5.86. The van der Waals surface area contributed by atoms with E-state index in [0.29, 0.717) is 22.9 Å². The lowest BCUT2D eigenvalue weighted by Gasteiger charge is -2.41. The van der Waals surface area contributed by atoms with E-state index in [2.05, 4.69) is 39.8 Å². The number of hydrogen-bond donors (Lipinski definition) is 0. The predicted molar refractivity (Wildman–Crippen MR) is 196 cm³/mol. The molecule has 3 aliphatic heterocycles. The minimum atomic E-state index is 0.274. The highest BCUT2D eigenvalue weighted by molar-refractivity contribution is 5.21. The molecule has 3 saturated heterocycles. The van der Waals surface area contributed by atoms with Gasteiger partial charge in [-0.2, -0.15) is 0 Å². The summed E-state index contributed by atoms with van der Waals surface area (Å²) in [5, 5.41) is 0. The standard InChI is InChI=1S/C17H32O3.C13H18O2.C12H16O2/c1-3-16(8-7-9-16)12-18-10-5-6-11-19-13-17(4-2)14-20-15-17;1-2-13(10-15-11-13)9-14-8-12-6-4-3-5-7-12;1-2-12(8-13-9-12)10-14-11-6-4-3-5-7-11/h3-15H2,1-2H3;3-7H,2,8-11H2,1H3;3-7H,2,8-10H2,1H3. The second-order valence-corrected chi connectivity index (χ2v) is 15.1. The first-order chi connectivity index (χ1) is 23.9. The van der Waals surface area contributed by atoms with Gasteiger partial charge in [0.25, 0.3) is 0 Å². The zero-order valence-corrected chi connectivity index (χ0v) is 31.2. The monoisotopic (exact) mass is 682 g/mol. The van der Waals surface area contributed by atoms with Crippen molar-refractivity contribution in [1.29, 1.82) is 0 Å². The van der Waals surface area contributed by atoms with Gasteiger partial charge in [0, 0.05) is 24.0 Å². The van der Waals surface area contributed by atoms with Gasteiger partial charge in [-0.3, -0.25) is 0 Å². The summed E-state index contributed by atoms with van der Waals surface area (Å²) in [7, 11) is 0. The van der Waals surface area contributed by atoms with Gasteiger partial charge in [-0.25, -0.2) is 0 Å². The third-order valence-corrected chi connectivity index (χ3v) is 11.3. The zero-order chi connectivity index (χ0) is 34.7. The molecule has 1 aliphatic carbocycles. The van der Waals surface area contributed by atoms with Crippen molar-refractivity contribution in [3.8, 4) is 5.75 Å². The van der Waals surface area contributed by atoms with Crippen LogP contribution in [-0.4, -0.2) is 79.3 Å². The van der Waals surface area contributed by atoms with Crippen molar-refractivity contribution in [3.63, 3.8) is 0 Å². The van der Waals surface area contributed by atoms with Crippen molar-refractivity contribution >= 4 is 0 Å². The molecule has 0 N–H and O–H groups in total. The maximum Gasteiger partial charge on any atom is 0.119 e. The summed E-state index contributed by atoms with van der Waals surface area (Å²) in [4.78, 5) is 0. The fraction of sp³-hybridized carbons (Fsp3) is 0.714. The van der Waals surface area contributed by atoms with Crippen LogP contribution in [0.25, 0.3) is 0 Å². The van der Waals surface area contributed by atoms with Crippen LogP contribution in [0.1, 0.15) is 91.0 Å². The molecule has 0 bridgehead atoms. The van der Waals surface area contributed by atoms with Gasteiger partial charge in [0.15, 0.2) is 0 Å². The minimum absolute atomic E-state index is 0.274. The molecule has 1 saturated carbocycles. The van der Waals surface area contributed by atoms with E-state index < -0.39 is 0 Å².